The van der Waals surface area contributed by atoms with Crippen molar-refractivity contribution in [2.45, 2.75) is 76.3 Å². The molecule has 0 fully saturated rings. The van der Waals surface area contributed by atoms with E-state index < -0.39 is 33.8 Å². The Labute approximate surface area is 129 Å². The largest absolute Gasteiger partial charge is 0.598 e. The van der Waals surface area contributed by atoms with E-state index in [4.69, 9.17) is 9.88 Å². The van der Waals surface area contributed by atoms with Gasteiger partial charge in [0.2, 0.25) is 0 Å². The number of aliphatic hydroxyl groups excluding tert-OH is 1. The van der Waals surface area contributed by atoms with E-state index in [-0.39, 0.29) is 19.3 Å². The van der Waals surface area contributed by atoms with Crippen LogP contribution >= 0.6 is 0 Å². The van der Waals surface area contributed by atoms with Gasteiger partial charge in [-0.3, -0.25) is 4.79 Å². The van der Waals surface area contributed by atoms with Crippen molar-refractivity contribution in [3.63, 3.8) is 0 Å². The zero-order valence-electron chi connectivity index (χ0n) is 13.3. The highest BCUT2D eigenvalue weighted by Gasteiger charge is 2.34. The molecule has 0 bridgehead atoms. The summed E-state index contributed by atoms with van der Waals surface area (Å²) in [5.74, 6) is -0.509. The molecule has 0 aliphatic rings. The Morgan fingerprint density at radius 1 is 1.38 bits per heavy atom. The number of aliphatic hydroxyl groups is 1. The molecule has 0 saturated carbocycles. The lowest BCUT2D eigenvalue weighted by Crippen LogP contribution is -2.40. The standard InChI is InChI=1S/C14H27NO5S/c1-13(2,7-8-14(3,4)21(15)19)20-12(18)10-11(17)6-5-9-16/h9,11,17H,5-8,10,15H2,1-4H3/t11-,21?/m0/s1. The van der Waals surface area contributed by atoms with E-state index >= 15 is 0 Å². The SMILES string of the molecule is CC(C)(CCC(C)(C)[S+](N)[O-])OC(=O)C[C@@H](O)CCC=O. The fourth-order valence-electron chi connectivity index (χ4n) is 1.66. The first-order valence-electron chi connectivity index (χ1n) is 7.00. The molecule has 0 saturated heterocycles. The number of hydrogen-bond donors (Lipinski definition) is 2. The molecule has 0 aliphatic heterocycles. The number of carbonyl (C=O) groups is 2. The first kappa shape index (κ1) is 20.4. The lowest BCUT2D eigenvalue weighted by Gasteiger charge is -2.30. The summed E-state index contributed by atoms with van der Waals surface area (Å²) < 4.78 is 16.2. The first-order valence-corrected chi connectivity index (χ1v) is 8.21. The minimum Gasteiger partial charge on any atom is -0.598 e. The molecular formula is C14H27NO5S. The third-order valence-corrected chi connectivity index (χ3v) is 4.58. The highest BCUT2D eigenvalue weighted by Crippen LogP contribution is 2.27. The minimum atomic E-state index is -1.45. The summed E-state index contributed by atoms with van der Waals surface area (Å²) >= 11 is -1.45. The molecule has 7 heteroatoms. The van der Waals surface area contributed by atoms with Crippen LogP contribution in [0.1, 0.15) is 59.8 Å². The zero-order valence-corrected chi connectivity index (χ0v) is 14.1. The van der Waals surface area contributed by atoms with Crippen LogP contribution in [0.4, 0.5) is 0 Å². The summed E-state index contributed by atoms with van der Waals surface area (Å²) in [4.78, 5) is 21.9. The third-order valence-electron chi connectivity index (χ3n) is 3.28. The Morgan fingerprint density at radius 2 is 1.95 bits per heavy atom. The van der Waals surface area contributed by atoms with Crippen LogP contribution in [0.3, 0.4) is 0 Å². The monoisotopic (exact) mass is 321 g/mol. The summed E-state index contributed by atoms with van der Waals surface area (Å²) in [7, 11) is 0. The van der Waals surface area contributed by atoms with Gasteiger partial charge >= 0.3 is 5.97 Å². The van der Waals surface area contributed by atoms with E-state index in [1.54, 1.807) is 27.7 Å². The molecule has 3 N–H and O–H groups in total. The predicted octanol–water partition coefficient (Wildman–Crippen LogP) is 1.22. The Kier molecular flexibility index (Phi) is 8.46. The first-order chi connectivity index (χ1) is 9.50. The van der Waals surface area contributed by atoms with Crippen LogP contribution in [0.5, 0.6) is 0 Å². The van der Waals surface area contributed by atoms with Crippen LogP contribution in [-0.4, -0.2) is 38.4 Å². The fourth-order valence-corrected chi connectivity index (χ4v) is 1.96. The van der Waals surface area contributed by atoms with Crippen LogP contribution in [0.15, 0.2) is 0 Å². The number of aldehydes is 1. The Bertz CT molecular complexity index is 344. The van der Waals surface area contributed by atoms with Gasteiger partial charge in [0.05, 0.1) is 12.5 Å². The molecule has 0 amide bonds. The maximum absolute atomic E-state index is 11.7. The van der Waals surface area contributed by atoms with Gasteiger partial charge in [0.15, 0.2) is 0 Å². The summed E-state index contributed by atoms with van der Waals surface area (Å²) in [5, 5.41) is 15.0. The second kappa shape index (κ2) is 8.73. The molecule has 0 aromatic rings. The summed E-state index contributed by atoms with van der Waals surface area (Å²) in [6.07, 6.45) is 1.22. The van der Waals surface area contributed by atoms with Crippen molar-refractivity contribution in [1.82, 2.24) is 0 Å². The van der Waals surface area contributed by atoms with Crippen LogP contribution in [0.25, 0.3) is 0 Å². The third kappa shape index (κ3) is 9.08. The molecule has 21 heavy (non-hydrogen) atoms. The smallest absolute Gasteiger partial charge is 0.308 e. The molecule has 0 heterocycles. The molecular weight excluding hydrogens is 294 g/mol. The van der Waals surface area contributed by atoms with Gasteiger partial charge in [-0.05, 0) is 40.5 Å². The molecule has 0 aromatic heterocycles. The summed E-state index contributed by atoms with van der Waals surface area (Å²) in [6, 6.07) is 0. The van der Waals surface area contributed by atoms with Gasteiger partial charge in [-0.2, -0.15) is 5.14 Å². The van der Waals surface area contributed by atoms with E-state index in [9.17, 15) is 19.2 Å². The average Bonchev–Trinajstić information content (AvgIpc) is 2.33. The fraction of sp³-hybridized carbons (Fsp3) is 0.857. The van der Waals surface area contributed by atoms with Gasteiger partial charge in [0.1, 0.15) is 16.6 Å². The number of nitrogens with two attached hydrogens (primary N) is 1. The van der Waals surface area contributed by atoms with Gasteiger partial charge in [-0.1, -0.05) is 0 Å². The zero-order chi connectivity index (χ0) is 16.7. The predicted molar refractivity (Wildman–Crippen MR) is 81.7 cm³/mol. The van der Waals surface area contributed by atoms with Crippen LogP contribution in [0, 0.1) is 0 Å². The van der Waals surface area contributed by atoms with Gasteiger partial charge < -0.3 is 19.2 Å². The molecule has 2 atom stereocenters. The maximum atomic E-state index is 11.7. The van der Waals surface area contributed by atoms with Crippen molar-refractivity contribution < 1.29 is 24.0 Å². The van der Waals surface area contributed by atoms with Crippen molar-refractivity contribution in [2.75, 3.05) is 0 Å². The van der Waals surface area contributed by atoms with E-state index in [2.05, 4.69) is 0 Å². The van der Waals surface area contributed by atoms with Crippen molar-refractivity contribution in [3.8, 4) is 0 Å². The van der Waals surface area contributed by atoms with E-state index in [1.807, 2.05) is 0 Å². The van der Waals surface area contributed by atoms with Crippen molar-refractivity contribution in [3.05, 3.63) is 0 Å². The minimum absolute atomic E-state index is 0.135. The maximum Gasteiger partial charge on any atom is 0.308 e. The van der Waals surface area contributed by atoms with Gasteiger partial charge in [0.25, 0.3) is 0 Å². The summed E-state index contributed by atoms with van der Waals surface area (Å²) in [6.45, 7) is 7.12. The molecule has 0 aliphatic carbocycles. The van der Waals surface area contributed by atoms with Crippen molar-refractivity contribution >= 4 is 23.6 Å². The molecule has 0 aromatic carbocycles. The van der Waals surface area contributed by atoms with Crippen LogP contribution in [0.2, 0.25) is 0 Å². The number of esters is 1. The van der Waals surface area contributed by atoms with E-state index in [0.29, 0.717) is 19.1 Å². The lowest BCUT2D eigenvalue weighted by atomic mass is 9.96. The average molecular weight is 321 g/mol. The molecule has 0 spiro atoms. The van der Waals surface area contributed by atoms with Gasteiger partial charge in [0, 0.05) is 24.2 Å². The molecule has 0 rings (SSSR count). The molecule has 124 valence electrons. The van der Waals surface area contributed by atoms with Crippen molar-refractivity contribution in [1.29, 1.82) is 0 Å². The van der Waals surface area contributed by atoms with Crippen LogP contribution < -0.4 is 5.14 Å². The number of hydrogen-bond acceptors (Lipinski definition) is 6. The highest BCUT2D eigenvalue weighted by atomic mass is 32.2. The van der Waals surface area contributed by atoms with Crippen molar-refractivity contribution in [2.24, 2.45) is 5.14 Å². The van der Waals surface area contributed by atoms with E-state index in [1.165, 1.54) is 0 Å². The van der Waals surface area contributed by atoms with Gasteiger partial charge in [-0.15, -0.1) is 0 Å². The Hall–Kier alpha value is -0.630. The summed E-state index contributed by atoms with van der Waals surface area (Å²) in [5.41, 5.74) is -0.724. The number of ether oxygens (including phenoxy) is 1. The quantitative estimate of drug-likeness (QED) is 0.355. The topological polar surface area (TPSA) is 113 Å². The Morgan fingerprint density at radius 3 is 2.43 bits per heavy atom. The normalized spacial score (nSPS) is 15.4. The van der Waals surface area contributed by atoms with E-state index in [0.717, 1.165) is 0 Å². The Balaban J connectivity index is 4.27. The van der Waals surface area contributed by atoms with Crippen LogP contribution in [-0.2, 0) is 25.7 Å². The lowest BCUT2D eigenvalue weighted by molar-refractivity contribution is -0.159. The van der Waals surface area contributed by atoms with Gasteiger partial charge in [-0.25, -0.2) is 0 Å². The highest BCUT2D eigenvalue weighted by molar-refractivity contribution is 7.90. The number of rotatable bonds is 10. The second-order valence-corrected chi connectivity index (χ2v) is 8.09. The second-order valence-electron chi connectivity index (χ2n) is 6.39. The number of carbonyl (C=O) groups excluding carboxylic acids is 2. The molecule has 6 nitrogen and oxygen atoms in total. The molecule has 1 unspecified atom stereocenters. The molecule has 0 radical (unpaired) electrons.